The van der Waals surface area contributed by atoms with Gasteiger partial charge in [-0.2, -0.15) is 0 Å². The van der Waals surface area contributed by atoms with Crippen LogP contribution in [-0.4, -0.2) is 30.1 Å². The molecule has 13 heavy (non-hydrogen) atoms. The average molecular weight is 184 g/mol. The van der Waals surface area contributed by atoms with Crippen LogP contribution in [0.25, 0.3) is 0 Å². The summed E-state index contributed by atoms with van der Waals surface area (Å²) in [5, 5.41) is 0. The lowest BCUT2D eigenvalue weighted by atomic mass is 9.95. The molecule has 0 aromatic carbocycles. The second-order valence-electron chi connectivity index (χ2n) is 4.70. The minimum absolute atomic E-state index is 0.361. The second-order valence-corrected chi connectivity index (χ2v) is 4.70. The van der Waals surface area contributed by atoms with Crippen molar-refractivity contribution in [3.8, 4) is 0 Å². The molecule has 0 saturated carbocycles. The smallest absolute Gasteiger partial charge is 0.0165 e. The van der Waals surface area contributed by atoms with E-state index in [1.165, 1.54) is 6.54 Å². The quantitative estimate of drug-likeness (QED) is 0.723. The van der Waals surface area contributed by atoms with Gasteiger partial charge in [-0.25, -0.2) is 0 Å². The topological polar surface area (TPSA) is 29.3 Å². The van der Waals surface area contributed by atoms with Gasteiger partial charge in [-0.1, -0.05) is 20.8 Å². The molecule has 0 amide bonds. The lowest BCUT2D eigenvalue weighted by Gasteiger charge is -2.25. The third-order valence-electron chi connectivity index (χ3n) is 3.75. The van der Waals surface area contributed by atoms with Crippen molar-refractivity contribution in [2.45, 2.75) is 46.2 Å². The van der Waals surface area contributed by atoms with Crippen LogP contribution in [0.2, 0.25) is 0 Å². The summed E-state index contributed by atoms with van der Waals surface area (Å²) in [6.07, 6.45) is 1.09. The summed E-state index contributed by atoms with van der Waals surface area (Å²) in [4.78, 5) is 2.55. The molecule has 0 aromatic rings. The number of nitrogens with two attached hydrogens (primary N) is 1. The van der Waals surface area contributed by atoms with Gasteiger partial charge in [0, 0.05) is 25.2 Å². The summed E-state index contributed by atoms with van der Waals surface area (Å²) in [6.45, 7) is 11.5. The molecule has 4 unspecified atom stereocenters. The molecule has 2 heteroatoms. The normalized spacial score (nSPS) is 38.1. The van der Waals surface area contributed by atoms with E-state index in [1.54, 1.807) is 0 Å². The second kappa shape index (κ2) is 4.43. The van der Waals surface area contributed by atoms with Crippen LogP contribution < -0.4 is 5.73 Å². The zero-order chi connectivity index (χ0) is 10.0. The molecule has 1 saturated heterocycles. The molecular weight excluding hydrogens is 160 g/mol. The van der Waals surface area contributed by atoms with Gasteiger partial charge in [-0.3, -0.25) is 4.90 Å². The summed E-state index contributed by atoms with van der Waals surface area (Å²) in [7, 11) is 0. The number of hydrogen-bond donors (Lipinski definition) is 1. The Bertz CT molecular complexity index is 158. The SMILES string of the molecule is CCC(N)CN1CC(C)C(C)C1C. The Labute approximate surface area is 82.5 Å². The Morgan fingerprint density at radius 1 is 1.38 bits per heavy atom. The largest absolute Gasteiger partial charge is 0.327 e. The van der Waals surface area contributed by atoms with Gasteiger partial charge < -0.3 is 5.73 Å². The Hall–Kier alpha value is -0.0800. The Balaban J connectivity index is 2.44. The van der Waals surface area contributed by atoms with Crippen molar-refractivity contribution in [1.29, 1.82) is 0 Å². The van der Waals surface area contributed by atoms with Crippen LogP contribution in [0.3, 0.4) is 0 Å². The predicted octanol–water partition coefficient (Wildman–Crippen LogP) is 1.70. The van der Waals surface area contributed by atoms with E-state index in [9.17, 15) is 0 Å². The van der Waals surface area contributed by atoms with Crippen molar-refractivity contribution in [2.75, 3.05) is 13.1 Å². The maximum atomic E-state index is 5.96. The number of rotatable bonds is 3. The molecule has 78 valence electrons. The maximum Gasteiger partial charge on any atom is 0.0165 e. The molecule has 2 N–H and O–H groups in total. The highest BCUT2D eigenvalue weighted by Gasteiger charge is 2.33. The van der Waals surface area contributed by atoms with Gasteiger partial charge in [0.2, 0.25) is 0 Å². The van der Waals surface area contributed by atoms with Crippen LogP contribution in [0.4, 0.5) is 0 Å². The van der Waals surface area contributed by atoms with E-state index < -0.39 is 0 Å². The van der Waals surface area contributed by atoms with Gasteiger partial charge in [0.1, 0.15) is 0 Å². The molecule has 1 heterocycles. The standard InChI is InChI=1S/C11H24N2/c1-5-11(12)7-13-6-8(2)9(3)10(13)4/h8-11H,5-7,12H2,1-4H3. The van der Waals surface area contributed by atoms with Gasteiger partial charge in [-0.15, -0.1) is 0 Å². The van der Waals surface area contributed by atoms with E-state index in [1.807, 2.05) is 0 Å². The molecule has 0 spiro atoms. The molecule has 0 aromatic heterocycles. The molecule has 4 atom stereocenters. The van der Waals surface area contributed by atoms with Crippen molar-refractivity contribution in [3.63, 3.8) is 0 Å². The molecule has 1 fully saturated rings. The van der Waals surface area contributed by atoms with Crippen molar-refractivity contribution < 1.29 is 0 Å². The van der Waals surface area contributed by atoms with E-state index >= 15 is 0 Å². The third-order valence-corrected chi connectivity index (χ3v) is 3.75. The van der Waals surface area contributed by atoms with E-state index in [0.717, 1.165) is 24.8 Å². The molecule has 1 aliphatic heterocycles. The highest BCUT2D eigenvalue weighted by atomic mass is 15.2. The Morgan fingerprint density at radius 3 is 2.38 bits per heavy atom. The van der Waals surface area contributed by atoms with Gasteiger partial charge in [0.25, 0.3) is 0 Å². The van der Waals surface area contributed by atoms with Crippen LogP contribution in [0.15, 0.2) is 0 Å². The first-order valence-electron chi connectivity index (χ1n) is 5.55. The molecule has 0 bridgehead atoms. The van der Waals surface area contributed by atoms with Crippen LogP contribution in [0.5, 0.6) is 0 Å². The van der Waals surface area contributed by atoms with E-state index in [-0.39, 0.29) is 0 Å². The van der Waals surface area contributed by atoms with E-state index in [0.29, 0.717) is 12.1 Å². The van der Waals surface area contributed by atoms with Crippen LogP contribution in [0.1, 0.15) is 34.1 Å². The molecule has 0 radical (unpaired) electrons. The number of hydrogen-bond acceptors (Lipinski definition) is 2. The first-order chi connectivity index (χ1) is 6.06. The minimum Gasteiger partial charge on any atom is -0.327 e. The van der Waals surface area contributed by atoms with Crippen molar-refractivity contribution in [1.82, 2.24) is 4.90 Å². The zero-order valence-electron chi connectivity index (χ0n) is 9.46. The molecule has 0 aliphatic carbocycles. The molecule has 1 aliphatic rings. The highest BCUT2D eigenvalue weighted by Crippen LogP contribution is 2.28. The van der Waals surface area contributed by atoms with Crippen LogP contribution in [0, 0.1) is 11.8 Å². The first-order valence-corrected chi connectivity index (χ1v) is 5.55. The fraction of sp³-hybridized carbons (Fsp3) is 1.00. The van der Waals surface area contributed by atoms with Crippen LogP contribution in [-0.2, 0) is 0 Å². The maximum absolute atomic E-state index is 5.96. The summed E-state index contributed by atoms with van der Waals surface area (Å²) in [5.41, 5.74) is 5.96. The molecular formula is C11H24N2. The summed E-state index contributed by atoms with van der Waals surface area (Å²) in [5.74, 6) is 1.66. The summed E-state index contributed by atoms with van der Waals surface area (Å²) < 4.78 is 0. The number of likely N-dealkylation sites (tertiary alicyclic amines) is 1. The van der Waals surface area contributed by atoms with Crippen molar-refractivity contribution >= 4 is 0 Å². The van der Waals surface area contributed by atoms with E-state index in [2.05, 4.69) is 32.6 Å². The minimum atomic E-state index is 0.361. The van der Waals surface area contributed by atoms with Gasteiger partial charge in [0.05, 0.1) is 0 Å². The van der Waals surface area contributed by atoms with Crippen molar-refractivity contribution in [3.05, 3.63) is 0 Å². The van der Waals surface area contributed by atoms with Gasteiger partial charge in [0.15, 0.2) is 0 Å². The van der Waals surface area contributed by atoms with Gasteiger partial charge >= 0.3 is 0 Å². The van der Waals surface area contributed by atoms with Crippen LogP contribution >= 0.6 is 0 Å². The third kappa shape index (κ3) is 2.44. The lowest BCUT2D eigenvalue weighted by Crippen LogP contribution is -2.39. The predicted molar refractivity (Wildman–Crippen MR) is 57.6 cm³/mol. The summed E-state index contributed by atoms with van der Waals surface area (Å²) >= 11 is 0. The Morgan fingerprint density at radius 2 is 2.00 bits per heavy atom. The zero-order valence-corrected chi connectivity index (χ0v) is 9.46. The van der Waals surface area contributed by atoms with E-state index in [4.69, 9.17) is 5.73 Å². The van der Waals surface area contributed by atoms with Gasteiger partial charge in [-0.05, 0) is 25.2 Å². The summed E-state index contributed by atoms with van der Waals surface area (Å²) in [6, 6.07) is 1.08. The monoisotopic (exact) mass is 184 g/mol. The highest BCUT2D eigenvalue weighted by molar-refractivity contribution is 4.87. The Kier molecular flexibility index (Phi) is 3.74. The molecule has 1 rings (SSSR count). The molecule has 2 nitrogen and oxygen atoms in total. The fourth-order valence-electron chi connectivity index (χ4n) is 2.18. The van der Waals surface area contributed by atoms with Crippen molar-refractivity contribution in [2.24, 2.45) is 17.6 Å². The lowest BCUT2D eigenvalue weighted by molar-refractivity contribution is 0.231. The number of nitrogens with zero attached hydrogens (tertiary/aromatic N) is 1. The first kappa shape index (κ1) is 11.0. The fourth-order valence-corrected chi connectivity index (χ4v) is 2.18. The average Bonchev–Trinajstić information content (AvgIpc) is 2.34.